The van der Waals surface area contributed by atoms with Gasteiger partial charge in [0.05, 0.1) is 18.3 Å². The van der Waals surface area contributed by atoms with Crippen molar-refractivity contribution in [3.63, 3.8) is 0 Å². The Morgan fingerprint density at radius 2 is 1.55 bits per heavy atom. The van der Waals surface area contributed by atoms with Crippen LogP contribution in [-0.4, -0.2) is 29.2 Å². The first kappa shape index (κ1) is 23.0. The summed E-state index contributed by atoms with van der Waals surface area (Å²) in [5, 5.41) is 10.4. The number of ketones is 1. The molecule has 186 valence electrons. The Bertz CT molecular complexity index is 847. The lowest BCUT2D eigenvalue weighted by molar-refractivity contribution is -0.166. The first-order chi connectivity index (χ1) is 15.3. The summed E-state index contributed by atoms with van der Waals surface area (Å²) >= 11 is 0. The van der Waals surface area contributed by atoms with E-state index in [4.69, 9.17) is 4.74 Å². The highest BCUT2D eigenvalue weighted by molar-refractivity contribution is 5.86. The van der Waals surface area contributed by atoms with Crippen molar-refractivity contribution < 1.29 is 14.6 Å². The van der Waals surface area contributed by atoms with Crippen LogP contribution in [0.1, 0.15) is 112 Å². The second-order valence-electron chi connectivity index (χ2n) is 15.1. The van der Waals surface area contributed by atoms with Crippen molar-refractivity contribution in [1.29, 1.82) is 0 Å². The SMILES string of the molecule is CC(C)(O)C1CCC(C2CCC3(C)C4CCC5C(C)(C)C(=O)CCC56CC46CCC23C)CO1. The maximum absolute atomic E-state index is 12.9. The largest absolute Gasteiger partial charge is 0.388 e. The summed E-state index contributed by atoms with van der Waals surface area (Å²) < 4.78 is 6.28. The molecule has 1 heterocycles. The van der Waals surface area contributed by atoms with Gasteiger partial charge in [0.1, 0.15) is 5.78 Å². The van der Waals surface area contributed by atoms with Gasteiger partial charge in [0.25, 0.3) is 0 Å². The number of hydrogen-bond donors (Lipinski definition) is 1. The number of Topliss-reactive ketones (excluding diaryl/α,β-unsaturated/α-hetero) is 1. The van der Waals surface area contributed by atoms with Crippen molar-refractivity contribution in [2.24, 2.45) is 50.7 Å². The van der Waals surface area contributed by atoms with Crippen LogP contribution in [0.15, 0.2) is 0 Å². The first-order valence-electron chi connectivity index (χ1n) is 14.2. The Hall–Kier alpha value is -0.410. The third-order valence-corrected chi connectivity index (χ3v) is 13.6. The predicted octanol–water partition coefficient (Wildman–Crippen LogP) is 6.56. The molecule has 0 radical (unpaired) electrons. The molecule has 0 aromatic carbocycles. The second kappa shape index (κ2) is 6.67. The molecule has 0 aromatic rings. The van der Waals surface area contributed by atoms with Crippen molar-refractivity contribution in [2.75, 3.05) is 6.61 Å². The van der Waals surface area contributed by atoms with Gasteiger partial charge in [-0.05, 0) is 123 Å². The molecule has 3 nitrogen and oxygen atoms in total. The molecule has 5 aliphatic carbocycles. The van der Waals surface area contributed by atoms with Crippen molar-refractivity contribution in [1.82, 2.24) is 0 Å². The third kappa shape index (κ3) is 2.68. The minimum atomic E-state index is -0.732. The maximum atomic E-state index is 12.9. The van der Waals surface area contributed by atoms with Crippen LogP contribution in [0.3, 0.4) is 0 Å². The van der Waals surface area contributed by atoms with Crippen LogP contribution >= 0.6 is 0 Å². The Morgan fingerprint density at radius 1 is 0.848 bits per heavy atom. The molecule has 0 amide bonds. The van der Waals surface area contributed by atoms with Crippen LogP contribution in [0.5, 0.6) is 0 Å². The molecule has 2 spiro atoms. The van der Waals surface area contributed by atoms with Gasteiger partial charge >= 0.3 is 0 Å². The van der Waals surface area contributed by atoms with Gasteiger partial charge in [-0.2, -0.15) is 0 Å². The summed E-state index contributed by atoms with van der Waals surface area (Å²) in [7, 11) is 0. The van der Waals surface area contributed by atoms with E-state index in [2.05, 4.69) is 27.7 Å². The van der Waals surface area contributed by atoms with Gasteiger partial charge in [0, 0.05) is 11.8 Å². The standard InChI is InChI=1S/C30H48O3/c1-25(2)21-8-9-22-28(6)13-11-20(19-7-10-24(33-17-19)26(3,4)32)27(28,5)15-16-30(22)18-29(21,30)14-12-23(25)31/h19-22,24,32H,7-18H2,1-6H3. The summed E-state index contributed by atoms with van der Waals surface area (Å²) in [6.45, 7) is 14.5. The van der Waals surface area contributed by atoms with E-state index in [1.54, 1.807) is 0 Å². The van der Waals surface area contributed by atoms with Gasteiger partial charge in [0.15, 0.2) is 0 Å². The smallest absolute Gasteiger partial charge is 0.138 e. The molecular weight excluding hydrogens is 408 g/mol. The molecule has 1 saturated heterocycles. The fourth-order valence-corrected chi connectivity index (χ4v) is 11.6. The molecule has 5 saturated carbocycles. The van der Waals surface area contributed by atoms with Crippen molar-refractivity contribution in [3.05, 3.63) is 0 Å². The number of ether oxygens (including phenoxy) is 1. The van der Waals surface area contributed by atoms with E-state index in [-0.39, 0.29) is 11.5 Å². The molecule has 6 aliphatic rings. The Kier molecular flexibility index (Phi) is 4.65. The van der Waals surface area contributed by atoms with Crippen LogP contribution in [0, 0.1) is 50.7 Å². The molecule has 0 aromatic heterocycles. The fraction of sp³-hybridized carbons (Fsp3) is 0.967. The maximum Gasteiger partial charge on any atom is 0.138 e. The van der Waals surface area contributed by atoms with E-state index < -0.39 is 5.60 Å². The normalized spacial score (nSPS) is 55.2. The number of carbonyl (C=O) groups is 1. The average molecular weight is 457 g/mol. The zero-order valence-corrected chi connectivity index (χ0v) is 22.1. The van der Waals surface area contributed by atoms with Gasteiger partial charge in [-0.1, -0.05) is 27.7 Å². The monoisotopic (exact) mass is 456 g/mol. The van der Waals surface area contributed by atoms with E-state index in [1.165, 1.54) is 57.8 Å². The zero-order chi connectivity index (χ0) is 23.7. The van der Waals surface area contributed by atoms with Gasteiger partial charge in [-0.25, -0.2) is 0 Å². The lowest BCUT2D eigenvalue weighted by Crippen LogP contribution is -2.57. The predicted molar refractivity (Wildman–Crippen MR) is 131 cm³/mol. The minimum Gasteiger partial charge on any atom is -0.388 e. The van der Waals surface area contributed by atoms with E-state index in [9.17, 15) is 9.90 Å². The molecule has 33 heavy (non-hydrogen) atoms. The lowest BCUT2D eigenvalue weighted by Gasteiger charge is -2.63. The van der Waals surface area contributed by atoms with Crippen molar-refractivity contribution in [3.8, 4) is 0 Å². The average Bonchev–Trinajstić information content (AvgIpc) is 3.33. The van der Waals surface area contributed by atoms with Crippen LogP contribution in [0.4, 0.5) is 0 Å². The Morgan fingerprint density at radius 3 is 2.21 bits per heavy atom. The van der Waals surface area contributed by atoms with Crippen molar-refractivity contribution in [2.45, 2.75) is 124 Å². The molecule has 3 heteroatoms. The lowest BCUT2D eigenvalue weighted by atomic mass is 9.42. The third-order valence-electron chi connectivity index (χ3n) is 13.6. The number of aliphatic hydroxyl groups is 1. The fourth-order valence-electron chi connectivity index (χ4n) is 11.6. The highest BCUT2D eigenvalue weighted by Crippen LogP contribution is 2.88. The van der Waals surface area contributed by atoms with Crippen LogP contribution in [-0.2, 0) is 9.53 Å². The summed E-state index contributed by atoms with van der Waals surface area (Å²) in [5.74, 6) is 3.42. The second-order valence-corrected chi connectivity index (χ2v) is 15.1. The zero-order valence-electron chi connectivity index (χ0n) is 22.1. The molecule has 0 bridgehead atoms. The topological polar surface area (TPSA) is 46.5 Å². The van der Waals surface area contributed by atoms with E-state index in [0.29, 0.717) is 39.3 Å². The highest BCUT2D eigenvalue weighted by atomic mass is 16.5. The van der Waals surface area contributed by atoms with Crippen LogP contribution in [0.2, 0.25) is 0 Å². The summed E-state index contributed by atoms with van der Waals surface area (Å²) in [5.41, 5.74) is 1.02. The summed E-state index contributed by atoms with van der Waals surface area (Å²) in [6, 6.07) is 0. The summed E-state index contributed by atoms with van der Waals surface area (Å²) in [4.78, 5) is 12.9. The van der Waals surface area contributed by atoms with Crippen molar-refractivity contribution >= 4 is 5.78 Å². The number of rotatable bonds is 2. The molecule has 9 atom stereocenters. The summed E-state index contributed by atoms with van der Waals surface area (Å²) in [6.07, 6.45) is 13.8. The van der Waals surface area contributed by atoms with Gasteiger partial charge in [-0.15, -0.1) is 0 Å². The molecule has 9 unspecified atom stereocenters. The van der Waals surface area contributed by atoms with Gasteiger partial charge in [-0.3, -0.25) is 4.79 Å². The molecule has 6 rings (SSSR count). The number of fused-ring (bicyclic) bond motifs is 2. The number of hydrogen-bond acceptors (Lipinski definition) is 3. The Labute approximate surface area is 201 Å². The van der Waals surface area contributed by atoms with Crippen LogP contribution < -0.4 is 0 Å². The van der Waals surface area contributed by atoms with Gasteiger partial charge < -0.3 is 9.84 Å². The van der Waals surface area contributed by atoms with E-state index >= 15 is 0 Å². The van der Waals surface area contributed by atoms with Crippen LogP contribution in [0.25, 0.3) is 0 Å². The quantitative estimate of drug-likeness (QED) is 0.512. The molecule has 6 fully saturated rings. The number of carbonyl (C=O) groups excluding carboxylic acids is 1. The molecule has 1 N–H and O–H groups in total. The first-order valence-corrected chi connectivity index (χ1v) is 14.2. The molecular formula is C30H48O3. The highest BCUT2D eigenvalue weighted by Gasteiger charge is 2.82. The minimum absolute atomic E-state index is 0.0112. The molecule has 1 aliphatic heterocycles. The Balaban J connectivity index is 1.26. The van der Waals surface area contributed by atoms with E-state index in [1.807, 2.05) is 13.8 Å². The van der Waals surface area contributed by atoms with Gasteiger partial charge in [0.2, 0.25) is 0 Å². The van der Waals surface area contributed by atoms with E-state index in [0.717, 1.165) is 31.3 Å².